The third kappa shape index (κ3) is 3.11. The Balaban J connectivity index is 1.96. The first kappa shape index (κ1) is 13.5. The molecule has 5 heteroatoms. The molecule has 3 atom stereocenters. The minimum atomic E-state index is -0.559. The van der Waals surface area contributed by atoms with Gasteiger partial charge in [-0.2, -0.15) is 5.26 Å². The van der Waals surface area contributed by atoms with E-state index in [-0.39, 0.29) is 24.5 Å². The van der Waals surface area contributed by atoms with Crippen molar-refractivity contribution in [2.45, 2.75) is 25.0 Å². The normalized spacial score (nSPS) is 25.8. The fraction of sp³-hybridized carbons (Fsp3) is 0.429. The van der Waals surface area contributed by atoms with Gasteiger partial charge >= 0.3 is 0 Å². The Bertz CT molecular complexity index is 492. The third-order valence-electron chi connectivity index (χ3n) is 3.50. The summed E-state index contributed by atoms with van der Waals surface area (Å²) in [5.41, 5.74) is 0.995. The van der Waals surface area contributed by atoms with Crippen LogP contribution in [0.1, 0.15) is 28.8 Å². The highest BCUT2D eigenvalue weighted by Crippen LogP contribution is 2.25. The van der Waals surface area contributed by atoms with Crippen molar-refractivity contribution in [2.75, 3.05) is 6.61 Å². The van der Waals surface area contributed by atoms with Crippen LogP contribution in [0.5, 0.6) is 0 Å². The molecule has 0 saturated heterocycles. The SMILES string of the molecule is N#Cc1ccc(C(=O)N[C@H]2C[C@@H](CO)[C@@H](O)C2)cc1. The van der Waals surface area contributed by atoms with E-state index < -0.39 is 6.10 Å². The number of nitriles is 1. The van der Waals surface area contributed by atoms with Crippen molar-refractivity contribution in [3.8, 4) is 6.07 Å². The average Bonchev–Trinajstić information content (AvgIpc) is 2.78. The summed E-state index contributed by atoms with van der Waals surface area (Å²) in [6.45, 7) is -0.0651. The number of carbonyl (C=O) groups is 1. The van der Waals surface area contributed by atoms with Crippen LogP contribution in [0.25, 0.3) is 0 Å². The predicted molar refractivity (Wildman–Crippen MR) is 68.2 cm³/mol. The van der Waals surface area contributed by atoms with Crippen molar-refractivity contribution in [3.63, 3.8) is 0 Å². The molecule has 0 aromatic heterocycles. The fourth-order valence-corrected chi connectivity index (χ4v) is 2.38. The summed E-state index contributed by atoms with van der Waals surface area (Å²) in [6.07, 6.45) is 0.490. The summed E-state index contributed by atoms with van der Waals surface area (Å²) >= 11 is 0. The first-order valence-electron chi connectivity index (χ1n) is 6.24. The molecule has 0 bridgehead atoms. The number of hydrogen-bond donors (Lipinski definition) is 3. The Morgan fingerprint density at radius 1 is 1.37 bits per heavy atom. The van der Waals surface area contributed by atoms with E-state index in [1.54, 1.807) is 24.3 Å². The largest absolute Gasteiger partial charge is 0.396 e. The van der Waals surface area contributed by atoms with Crippen molar-refractivity contribution >= 4 is 5.91 Å². The molecule has 0 spiro atoms. The molecule has 1 fully saturated rings. The van der Waals surface area contributed by atoms with Gasteiger partial charge in [-0.3, -0.25) is 4.79 Å². The van der Waals surface area contributed by atoms with E-state index in [0.29, 0.717) is 24.0 Å². The molecule has 1 amide bonds. The summed E-state index contributed by atoms with van der Waals surface area (Å²) < 4.78 is 0. The monoisotopic (exact) mass is 260 g/mol. The van der Waals surface area contributed by atoms with Crippen LogP contribution in [0.15, 0.2) is 24.3 Å². The second kappa shape index (κ2) is 5.83. The smallest absolute Gasteiger partial charge is 0.251 e. The Labute approximate surface area is 111 Å². The Morgan fingerprint density at radius 2 is 2.05 bits per heavy atom. The van der Waals surface area contributed by atoms with Crippen molar-refractivity contribution in [1.29, 1.82) is 5.26 Å². The van der Waals surface area contributed by atoms with Gasteiger partial charge in [-0.25, -0.2) is 0 Å². The lowest BCUT2D eigenvalue weighted by molar-refractivity contribution is 0.0903. The van der Waals surface area contributed by atoms with Crippen LogP contribution < -0.4 is 5.32 Å². The van der Waals surface area contributed by atoms with Crippen LogP contribution in [0.3, 0.4) is 0 Å². The summed E-state index contributed by atoms with van der Waals surface area (Å²) in [4.78, 5) is 12.0. The lowest BCUT2D eigenvalue weighted by atomic mass is 10.1. The van der Waals surface area contributed by atoms with Crippen LogP contribution in [0, 0.1) is 17.2 Å². The number of rotatable bonds is 3. The molecule has 1 aliphatic carbocycles. The fourth-order valence-electron chi connectivity index (χ4n) is 2.38. The highest BCUT2D eigenvalue weighted by molar-refractivity contribution is 5.94. The van der Waals surface area contributed by atoms with E-state index in [1.165, 1.54) is 0 Å². The zero-order chi connectivity index (χ0) is 13.8. The van der Waals surface area contributed by atoms with Gasteiger partial charge in [0.2, 0.25) is 0 Å². The van der Waals surface area contributed by atoms with E-state index in [9.17, 15) is 9.90 Å². The van der Waals surface area contributed by atoms with Gasteiger partial charge in [0.1, 0.15) is 0 Å². The summed E-state index contributed by atoms with van der Waals surface area (Å²) in [5.74, 6) is -0.383. The first-order chi connectivity index (χ1) is 9.13. The minimum Gasteiger partial charge on any atom is -0.396 e. The molecular weight excluding hydrogens is 244 g/mol. The number of carbonyl (C=O) groups excluding carboxylic acids is 1. The van der Waals surface area contributed by atoms with Gasteiger partial charge in [0, 0.05) is 24.1 Å². The number of hydrogen-bond acceptors (Lipinski definition) is 4. The number of benzene rings is 1. The van der Waals surface area contributed by atoms with Gasteiger partial charge in [0.05, 0.1) is 17.7 Å². The maximum Gasteiger partial charge on any atom is 0.251 e. The average molecular weight is 260 g/mol. The van der Waals surface area contributed by atoms with Crippen LogP contribution in [0.2, 0.25) is 0 Å². The van der Waals surface area contributed by atoms with Crippen LogP contribution >= 0.6 is 0 Å². The molecule has 19 heavy (non-hydrogen) atoms. The van der Waals surface area contributed by atoms with Gasteiger partial charge in [-0.15, -0.1) is 0 Å². The number of nitrogens with zero attached hydrogens (tertiary/aromatic N) is 1. The molecular formula is C14H16N2O3. The standard InChI is InChI=1S/C14H16N2O3/c15-7-9-1-3-10(4-2-9)14(19)16-12-5-11(8-17)13(18)6-12/h1-4,11-13,17-18H,5-6,8H2,(H,16,19)/t11-,12-,13-/m0/s1. The maximum absolute atomic E-state index is 12.0. The molecule has 100 valence electrons. The zero-order valence-corrected chi connectivity index (χ0v) is 10.4. The summed E-state index contributed by atoms with van der Waals surface area (Å²) in [7, 11) is 0. The maximum atomic E-state index is 12.0. The van der Waals surface area contributed by atoms with Crippen LogP contribution in [-0.2, 0) is 0 Å². The topological polar surface area (TPSA) is 93.4 Å². The highest BCUT2D eigenvalue weighted by atomic mass is 16.3. The zero-order valence-electron chi connectivity index (χ0n) is 10.4. The van der Waals surface area contributed by atoms with Gasteiger partial charge in [-0.1, -0.05) is 0 Å². The quantitative estimate of drug-likeness (QED) is 0.734. The predicted octanol–water partition coefficient (Wildman–Crippen LogP) is 0.420. The summed E-state index contributed by atoms with van der Waals surface area (Å²) in [5, 5.41) is 30.2. The second-order valence-electron chi connectivity index (χ2n) is 4.84. The molecule has 0 heterocycles. The summed E-state index contributed by atoms with van der Waals surface area (Å²) in [6, 6.07) is 8.26. The Morgan fingerprint density at radius 3 is 2.58 bits per heavy atom. The lowest BCUT2D eigenvalue weighted by Gasteiger charge is -2.12. The number of amides is 1. The van der Waals surface area contributed by atoms with E-state index >= 15 is 0 Å². The highest BCUT2D eigenvalue weighted by Gasteiger charge is 2.33. The minimum absolute atomic E-state index is 0.0651. The molecule has 1 aliphatic rings. The van der Waals surface area contributed by atoms with E-state index in [4.69, 9.17) is 10.4 Å². The molecule has 0 unspecified atom stereocenters. The van der Waals surface area contributed by atoms with Crippen molar-refractivity contribution in [1.82, 2.24) is 5.32 Å². The second-order valence-corrected chi connectivity index (χ2v) is 4.84. The number of aliphatic hydroxyl groups is 2. The van der Waals surface area contributed by atoms with E-state index in [0.717, 1.165) is 0 Å². The lowest BCUT2D eigenvalue weighted by Crippen LogP contribution is -2.33. The van der Waals surface area contributed by atoms with Crippen molar-refractivity contribution in [3.05, 3.63) is 35.4 Å². The molecule has 1 saturated carbocycles. The molecule has 0 aliphatic heterocycles. The molecule has 5 nitrogen and oxygen atoms in total. The molecule has 0 radical (unpaired) electrons. The van der Waals surface area contributed by atoms with Crippen molar-refractivity contribution < 1.29 is 15.0 Å². The van der Waals surface area contributed by atoms with Gasteiger partial charge in [-0.05, 0) is 37.1 Å². The van der Waals surface area contributed by atoms with Gasteiger partial charge in [0.25, 0.3) is 5.91 Å². The number of aliphatic hydroxyl groups excluding tert-OH is 2. The molecule has 1 aromatic rings. The number of nitrogens with one attached hydrogen (secondary N) is 1. The molecule has 2 rings (SSSR count). The van der Waals surface area contributed by atoms with Crippen molar-refractivity contribution in [2.24, 2.45) is 5.92 Å². The van der Waals surface area contributed by atoms with E-state index in [2.05, 4.69) is 5.32 Å². The van der Waals surface area contributed by atoms with E-state index in [1.807, 2.05) is 6.07 Å². The van der Waals surface area contributed by atoms with Gasteiger partial charge in [0.15, 0.2) is 0 Å². The Kier molecular flexibility index (Phi) is 4.15. The molecule has 3 N–H and O–H groups in total. The van der Waals surface area contributed by atoms with Crippen LogP contribution in [0.4, 0.5) is 0 Å². The van der Waals surface area contributed by atoms with Gasteiger partial charge < -0.3 is 15.5 Å². The molecule has 1 aromatic carbocycles. The third-order valence-corrected chi connectivity index (χ3v) is 3.50. The van der Waals surface area contributed by atoms with Crippen LogP contribution in [-0.4, -0.2) is 34.9 Å². The first-order valence-corrected chi connectivity index (χ1v) is 6.24. The Hall–Kier alpha value is -1.90.